The van der Waals surface area contributed by atoms with Gasteiger partial charge in [-0.15, -0.1) is 0 Å². The smallest absolute Gasteiger partial charge is 0.475 e. The van der Waals surface area contributed by atoms with Crippen molar-refractivity contribution in [2.45, 2.75) is 19.2 Å². The summed E-state index contributed by atoms with van der Waals surface area (Å²) < 4.78 is 37.6. The van der Waals surface area contributed by atoms with Gasteiger partial charge in [-0.3, -0.25) is 14.6 Å². The molecule has 2 saturated heterocycles. The number of carboxylic acid groups (broad SMARTS) is 1. The average Bonchev–Trinajstić information content (AvgIpc) is 3.38. The number of nitrogens with one attached hydrogen (secondary N) is 1. The normalized spacial score (nSPS) is 21.3. The summed E-state index contributed by atoms with van der Waals surface area (Å²) in [6, 6.07) is 11.1. The molecule has 0 radical (unpaired) electrons. The number of benzene rings is 1. The highest BCUT2D eigenvalue weighted by Crippen LogP contribution is 2.34. The van der Waals surface area contributed by atoms with Crippen molar-refractivity contribution >= 4 is 17.8 Å². The molecule has 2 aliphatic rings. The molecule has 0 unspecified atom stereocenters. The van der Waals surface area contributed by atoms with Crippen molar-refractivity contribution in [3.8, 4) is 0 Å². The van der Waals surface area contributed by atoms with Crippen LogP contribution in [0.15, 0.2) is 48.8 Å². The van der Waals surface area contributed by atoms with Crippen LogP contribution in [-0.2, 0) is 9.53 Å². The van der Waals surface area contributed by atoms with E-state index in [-0.39, 0.29) is 29.8 Å². The van der Waals surface area contributed by atoms with Crippen LogP contribution in [0.25, 0.3) is 0 Å². The number of alkyl halides is 3. The first kappa shape index (κ1) is 25.2. The summed E-state index contributed by atoms with van der Waals surface area (Å²) in [4.78, 5) is 39.7. The molecule has 3 atom stereocenters. The third-order valence-electron chi connectivity index (χ3n) is 5.70. The summed E-state index contributed by atoms with van der Waals surface area (Å²) in [5, 5.41) is 10.1. The van der Waals surface area contributed by atoms with E-state index < -0.39 is 12.1 Å². The lowest BCUT2D eigenvalue weighted by Crippen LogP contribution is -2.35. The fourth-order valence-corrected chi connectivity index (χ4v) is 3.96. The average molecular weight is 479 g/mol. The van der Waals surface area contributed by atoms with Crippen LogP contribution in [0.5, 0.6) is 0 Å². The van der Waals surface area contributed by atoms with Gasteiger partial charge < -0.3 is 20.1 Å². The largest absolute Gasteiger partial charge is 0.490 e. The van der Waals surface area contributed by atoms with E-state index in [0.717, 1.165) is 11.1 Å². The van der Waals surface area contributed by atoms with Gasteiger partial charge >= 0.3 is 12.1 Å². The van der Waals surface area contributed by atoms with Gasteiger partial charge in [0.2, 0.25) is 0 Å². The number of pyridine rings is 1. The number of carbonyl (C=O) groups is 3. The van der Waals surface area contributed by atoms with Crippen molar-refractivity contribution in [2.24, 2.45) is 11.8 Å². The second-order valence-corrected chi connectivity index (χ2v) is 8.12. The van der Waals surface area contributed by atoms with E-state index in [1.807, 2.05) is 36.1 Å². The molecular formula is C23H24F3N3O5. The SMILES string of the molecule is Cc1cccc(C(=O)N2C[C@@H]3[C@@H](CNC(=O)c4ccncc4)CO[C@@H]3C2)c1.O=C(O)C(F)(F)F. The molecule has 2 aliphatic heterocycles. The Balaban J connectivity index is 0.000000406. The zero-order valence-electron chi connectivity index (χ0n) is 18.3. The maximum absolute atomic E-state index is 12.8. The van der Waals surface area contributed by atoms with Gasteiger partial charge in [-0.2, -0.15) is 13.2 Å². The molecule has 2 amide bonds. The minimum absolute atomic E-state index is 0.0521. The summed E-state index contributed by atoms with van der Waals surface area (Å²) in [6.45, 7) is 4.45. The Labute approximate surface area is 193 Å². The van der Waals surface area contributed by atoms with Crippen LogP contribution in [-0.4, -0.2) is 71.3 Å². The molecule has 2 fully saturated rings. The Hall–Kier alpha value is -3.47. The van der Waals surface area contributed by atoms with Gasteiger partial charge in [-0.25, -0.2) is 4.79 Å². The summed E-state index contributed by atoms with van der Waals surface area (Å²) in [5.74, 6) is -2.33. The number of aromatic nitrogens is 1. The molecule has 182 valence electrons. The Morgan fingerprint density at radius 1 is 1.15 bits per heavy atom. The summed E-state index contributed by atoms with van der Waals surface area (Å²) in [5.41, 5.74) is 2.40. The van der Waals surface area contributed by atoms with Crippen LogP contribution < -0.4 is 5.32 Å². The van der Waals surface area contributed by atoms with Crippen LogP contribution in [0.4, 0.5) is 13.2 Å². The number of aryl methyl sites for hydroxylation is 1. The van der Waals surface area contributed by atoms with Gasteiger partial charge in [-0.05, 0) is 31.2 Å². The monoisotopic (exact) mass is 479 g/mol. The number of fused-ring (bicyclic) bond motifs is 1. The van der Waals surface area contributed by atoms with Gasteiger partial charge in [0.25, 0.3) is 11.8 Å². The number of aliphatic carboxylic acids is 1. The Bertz CT molecular complexity index is 1030. The molecule has 0 spiro atoms. The molecule has 2 aromatic rings. The third kappa shape index (κ3) is 6.31. The topological polar surface area (TPSA) is 109 Å². The molecule has 4 rings (SSSR count). The highest BCUT2D eigenvalue weighted by Gasteiger charge is 2.45. The number of nitrogens with zero attached hydrogens (tertiary/aromatic N) is 2. The number of rotatable bonds is 4. The van der Waals surface area contributed by atoms with E-state index in [1.54, 1.807) is 24.5 Å². The van der Waals surface area contributed by atoms with Gasteiger partial charge in [-0.1, -0.05) is 17.7 Å². The molecule has 2 N–H and O–H groups in total. The number of hydrogen-bond donors (Lipinski definition) is 2. The quantitative estimate of drug-likeness (QED) is 0.698. The van der Waals surface area contributed by atoms with Gasteiger partial charge in [0, 0.05) is 55.0 Å². The van der Waals surface area contributed by atoms with Gasteiger partial charge in [0.1, 0.15) is 0 Å². The van der Waals surface area contributed by atoms with E-state index in [9.17, 15) is 22.8 Å². The molecule has 3 heterocycles. The number of ether oxygens (including phenoxy) is 1. The number of carbonyl (C=O) groups excluding carboxylic acids is 2. The standard InChI is InChI=1S/C21H23N3O3.C2HF3O2/c1-14-3-2-4-16(9-14)21(26)24-11-18-17(13-27-19(18)12-24)10-23-20(25)15-5-7-22-8-6-15;3-2(4,5)1(6)7/h2-9,17-19H,10-13H2,1H3,(H,23,25);(H,6,7)/t17-,18+,19+;/m0./s1. The summed E-state index contributed by atoms with van der Waals surface area (Å²) in [6.07, 6.45) is -1.81. The van der Waals surface area contributed by atoms with Crippen molar-refractivity contribution in [3.05, 3.63) is 65.5 Å². The molecule has 34 heavy (non-hydrogen) atoms. The van der Waals surface area contributed by atoms with Crippen LogP contribution in [0.1, 0.15) is 26.3 Å². The predicted molar refractivity (Wildman–Crippen MR) is 114 cm³/mol. The van der Waals surface area contributed by atoms with Crippen molar-refractivity contribution in [3.63, 3.8) is 0 Å². The lowest BCUT2D eigenvalue weighted by molar-refractivity contribution is -0.192. The maximum atomic E-state index is 12.8. The zero-order valence-corrected chi connectivity index (χ0v) is 18.3. The number of hydrogen-bond acceptors (Lipinski definition) is 5. The molecule has 0 bridgehead atoms. The Morgan fingerprint density at radius 2 is 1.82 bits per heavy atom. The van der Waals surface area contributed by atoms with Crippen LogP contribution in [0.3, 0.4) is 0 Å². The summed E-state index contributed by atoms with van der Waals surface area (Å²) >= 11 is 0. The van der Waals surface area contributed by atoms with E-state index >= 15 is 0 Å². The van der Waals surface area contributed by atoms with Gasteiger partial charge in [0.05, 0.1) is 12.7 Å². The van der Waals surface area contributed by atoms with Crippen molar-refractivity contribution in [1.29, 1.82) is 0 Å². The Morgan fingerprint density at radius 3 is 2.44 bits per heavy atom. The molecule has 0 aliphatic carbocycles. The van der Waals surface area contributed by atoms with E-state index in [0.29, 0.717) is 31.8 Å². The number of carboxylic acids is 1. The lowest BCUT2D eigenvalue weighted by Gasteiger charge is -2.20. The van der Waals surface area contributed by atoms with Crippen molar-refractivity contribution in [2.75, 3.05) is 26.2 Å². The van der Waals surface area contributed by atoms with Crippen molar-refractivity contribution in [1.82, 2.24) is 15.2 Å². The number of likely N-dealkylation sites (tertiary alicyclic amines) is 1. The number of halogens is 3. The molecule has 0 saturated carbocycles. The predicted octanol–water partition coefficient (Wildman–Crippen LogP) is 2.54. The highest BCUT2D eigenvalue weighted by molar-refractivity contribution is 5.95. The molecule has 8 nitrogen and oxygen atoms in total. The third-order valence-corrected chi connectivity index (χ3v) is 5.70. The van der Waals surface area contributed by atoms with E-state index in [1.165, 1.54) is 0 Å². The first-order valence-corrected chi connectivity index (χ1v) is 10.5. The molecule has 1 aromatic carbocycles. The minimum atomic E-state index is -5.08. The van der Waals surface area contributed by atoms with Crippen LogP contribution in [0, 0.1) is 18.8 Å². The molecular weight excluding hydrogens is 455 g/mol. The second kappa shape index (κ2) is 10.6. The Kier molecular flexibility index (Phi) is 7.87. The maximum Gasteiger partial charge on any atom is 0.490 e. The fourth-order valence-electron chi connectivity index (χ4n) is 3.96. The summed E-state index contributed by atoms with van der Waals surface area (Å²) in [7, 11) is 0. The second-order valence-electron chi connectivity index (χ2n) is 8.12. The highest BCUT2D eigenvalue weighted by atomic mass is 19.4. The molecule has 11 heteroatoms. The van der Waals surface area contributed by atoms with Gasteiger partial charge in [0.15, 0.2) is 0 Å². The van der Waals surface area contributed by atoms with Crippen LogP contribution >= 0.6 is 0 Å². The lowest BCUT2D eigenvalue weighted by atomic mass is 9.93. The molecule has 1 aromatic heterocycles. The van der Waals surface area contributed by atoms with E-state index in [2.05, 4.69) is 10.3 Å². The first-order chi connectivity index (χ1) is 16.1. The fraction of sp³-hybridized carbons (Fsp3) is 0.391. The number of amides is 2. The minimum Gasteiger partial charge on any atom is -0.475 e. The van der Waals surface area contributed by atoms with E-state index in [4.69, 9.17) is 14.6 Å². The van der Waals surface area contributed by atoms with Crippen LogP contribution in [0.2, 0.25) is 0 Å². The first-order valence-electron chi connectivity index (χ1n) is 10.5. The zero-order chi connectivity index (χ0) is 24.9. The van der Waals surface area contributed by atoms with Crippen molar-refractivity contribution < 1.29 is 37.4 Å².